The molecule has 0 aliphatic rings. The number of pyridine rings is 1. The fourth-order valence-corrected chi connectivity index (χ4v) is 1.14. The van der Waals surface area contributed by atoms with Crippen LogP contribution in [0.25, 0.3) is 0 Å². The summed E-state index contributed by atoms with van der Waals surface area (Å²) < 4.78 is 0. The van der Waals surface area contributed by atoms with Crippen molar-refractivity contribution < 1.29 is 0 Å². The summed E-state index contributed by atoms with van der Waals surface area (Å²) in [4.78, 5) is 4.20. The van der Waals surface area contributed by atoms with Crippen LogP contribution in [0.5, 0.6) is 0 Å². The van der Waals surface area contributed by atoms with E-state index < -0.39 is 0 Å². The smallest absolute Gasteiger partial charge is 0.0957 e. The Hall–Kier alpha value is -0.540. The standard InChI is InChI=1S/C8H12N2S/c1-6(9)7-3-4-8(11-2)10-5-7/h3-6H,9H2,1-2H3/t6-/m0/s1. The minimum Gasteiger partial charge on any atom is -0.324 e. The van der Waals surface area contributed by atoms with Gasteiger partial charge in [0.05, 0.1) is 5.03 Å². The van der Waals surface area contributed by atoms with Gasteiger partial charge in [-0.05, 0) is 24.8 Å². The minimum atomic E-state index is 0.0819. The third kappa shape index (κ3) is 2.20. The van der Waals surface area contributed by atoms with Crippen molar-refractivity contribution in [1.29, 1.82) is 0 Å². The zero-order valence-corrected chi connectivity index (χ0v) is 7.56. The van der Waals surface area contributed by atoms with Crippen molar-refractivity contribution in [1.82, 2.24) is 4.98 Å². The normalized spacial score (nSPS) is 13.0. The lowest BCUT2D eigenvalue weighted by molar-refractivity contribution is 0.806. The maximum Gasteiger partial charge on any atom is 0.0957 e. The second-order valence-electron chi connectivity index (χ2n) is 2.42. The minimum absolute atomic E-state index is 0.0819. The highest BCUT2D eigenvalue weighted by Crippen LogP contribution is 2.13. The van der Waals surface area contributed by atoms with E-state index in [1.54, 1.807) is 11.8 Å². The summed E-state index contributed by atoms with van der Waals surface area (Å²) in [6.07, 6.45) is 3.84. The van der Waals surface area contributed by atoms with Gasteiger partial charge < -0.3 is 5.73 Å². The van der Waals surface area contributed by atoms with Gasteiger partial charge in [-0.25, -0.2) is 4.98 Å². The van der Waals surface area contributed by atoms with E-state index in [0.29, 0.717) is 0 Å². The Morgan fingerprint density at radius 2 is 2.27 bits per heavy atom. The first-order valence-electron chi connectivity index (χ1n) is 3.49. The first kappa shape index (κ1) is 8.56. The Labute approximate surface area is 71.2 Å². The Bertz CT molecular complexity index is 218. The van der Waals surface area contributed by atoms with Crippen LogP contribution in [0, 0.1) is 0 Å². The number of aromatic nitrogens is 1. The molecule has 1 rings (SSSR count). The molecule has 1 atom stereocenters. The van der Waals surface area contributed by atoms with Gasteiger partial charge >= 0.3 is 0 Å². The van der Waals surface area contributed by atoms with Gasteiger partial charge in [-0.1, -0.05) is 6.07 Å². The Balaban J connectivity index is 2.83. The van der Waals surface area contributed by atoms with Gasteiger partial charge in [0.2, 0.25) is 0 Å². The van der Waals surface area contributed by atoms with Gasteiger partial charge in [-0.3, -0.25) is 0 Å². The Kier molecular flexibility index (Phi) is 2.91. The summed E-state index contributed by atoms with van der Waals surface area (Å²) in [6.45, 7) is 1.95. The van der Waals surface area contributed by atoms with Gasteiger partial charge in [-0.15, -0.1) is 11.8 Å². The molecule has 3 heteroatoms. The maximum atomic E-state index is 5.66. The van der Waals surface area contributed by atoms with Gasteiger partial charge in [-0.2, -0.15) is 0 Å². The van der Waals surface area contributed by atoms with E-state index in [1.165, 1.54) is 0 Å². The fourth-order valence-electron chi connectivity index (χ4n) is 0.782. The number of hydrogen-bond acceptors (Lipinski definition) is 3. The van der Waals surface area contributed by atoms with Crippen molar-refractivity contribution in [2.75, 3.05) is 6.26 Å². The summed E-state index contributed by atoms with van der Waals surface area (Å²) in [6, 6.07) is 4.09. The van der Waals surface area contributed by atoms with E-state index in [2.05, 4.69) is 4.98 Å². The third-order valence-electron chi connectivity index (χ3n) is 1.49. The molecule has 0 bridgehead atoms. The van der Waals surface area contributed by atoms with Crippen LogP contribution in [-0.4, -0.2) is 11.2 Å². The summed E-state index contributed by atoms with van der Waals surface area (Å²) in [5.41, 5.74) is 6.74. The summed E-state index contributed by atoms with van der Waals surface area (Å²) >= 11 is 1.64. The molecule has 0 aliphatic heterocycles. The average molecular weight is 168 g/mol. The number of thioether (sulfide) groups is 1. The molecule has 0 amide bonds. The van der Waals surface area contributed by atoms with Crippen molar-refractivity contribution in [3.8, 4) is 0 Å². The molecule has 1 aromatic rings. The molecule has 60 valence electrons. The predicted octanol–water partition coefficient (Wildman–Crippen LogP) is 1.82. The highest BCUT2D eigenvalue weighted by Gasteiger charge is 1.98. The molecule has 0 unspecified atom stereocenters. The molecule has 0 radical (unpaired) electrons. The van der Waals surface area contributed by atoms with Crippen molar-refractivity contribution >= 4 is 11.8 Å². The van der Waals surface area contributed by atoms with Crippen LogP contribution in [0.2, 0.25) is 0 Å². The van der Waals surface area contributed by atoms with Gasteiger partial charge in [0.25, 0.3) is 0 Å². The monoisotopic (exact) mass is 168 g/mol. The molecule has 0 fully saturated rings. The van der Waals surface area contributed by atoms with E-state index in [9.17, 15) is 0 Å². The molecule has 2 N–H and O–H groups in total. The number of nitrogens with two attached hydrogens (primary N) is 1. The molecule has 0 aromatic carbocycles. The van der Waals surface area contributed by atoms with Gasteiger partial charge in [0, 0.05) is 12.2 Å². The molecular formula is C8H12N2S. The zero-order valence-electron chi connectivity index (χ0n) is 6.74. The largest absolute Gasteiger partial charge is 0.324 e. The van der Waals surface area contributed by atoms with E-state index in [-0.39, 0.29) is 6.04 Å². The summed E-state index contributed by atoms with van der Waals surface area (Å²) in [5.74, 6) is 0. The first-order valence-corrected chi connectivity index (χ1v) is 4.72. The van der Waals surface area contributed by atoms with Crippen LogP contribution < -0.4 is 5.73 Å². The highest BCUT2D eigenvalue weighted by molar-refractivity contribution is 7.98. The lowest BCUT2D eigenvalue weighted by Gasteiger charge is -2.04. The molecule has 1 heterocycles. The quantitative estimate of drug-likeness (QED) is 0.685. The second kappa shape index (κ2) is 3.74. The fraction of sp³-hybridized carbons (Fsp3) is 0.375. The molecule has 0 aliphatic carbocycles. The SMILES string of the molecule is CSc1ccc([C@H](C)N)cn1. The van der Waals surface area contributed by atoms with Crippen molar-refractivity contribution in [3.63, 3.8) is 0 Å². The van der Waals surface area contributed by atoms with E-state index in [4.69, 9.17) is 5.73 Å². The lowest BCUT2D eigenvalue weighted by atomic mass is 10.2. The van der Waals surface area contributed by atoms with Gasteiger partial charge in [0.1, 0.15) is 0 Å². The molecule has 1 aromatic heterocycles. The first-order chi connectivity index (χ1) is 5.24. The van der Waals surface area contributed by atoms with Crippen LogP contribution in [0.3, 0.4) is 0 Å². The van der Waals surface area contributed by atoms with Crippen molar-refractivity contribution in [2.45, 2.75) is 18.0 Å². The summed E-state index contributed by atoms with van der Waals surface area (Å²) in [5, 5.41) is 1.04. The average Bonchev–Trinajstić information content (AvgIpc) is 2.05. The van der Waals surface area contributed by atoms with E-state index in [1.807, 2.05) is 31.5 Å². The number of nitrogens with zero attached hydrogens (tertiary/aromatic N) is 1. The van der Waals surface area contributed by atoms with Crippen LogP contribution in [0.1, 0.15) is 18.5 Å². The Morgan fingerprint density at radius 1 is 1.55 bits per heavy atom. The van der Waals surface area contributed by atoms with Crippen LogP contribution >= 0.6 is 11.8 Å². The lowest BCUT2D eigenvalue weighted by Crippen LogP contribution is -2.04. The van der Waals surface area contributed by atoms with E-state index in [0.717, 1.165) is 10.6 Å². The Morgan fingerprint density at radius 3 is 2.64 bits per heavy atom. The topological polar surface area (TPSA) is 38.9 Å². The number of rotatable bonds is 2. The maximum absolute atomic E-state index is 5.66. The van der Waals surface area contributed by atoms with Crippen molar-refractivity contribution in [3.05, 3.63) is 23.9 Å². The molecule has 2 nitrogen and oxygen atoms in total. The molecule has 0 saturated heterocycles. The van der Waals surface area contributed by atoms with Gasteiger partial charge in [0.15, 0.2) is 0 Å². The zero-order chi connectivity index (χ0) is 8.27. The highest BCUT2D eigenvalue weighted by atomic mass is 32.2. The number of hydrogen-bond donors (Lipinski definition) is 1. The second-order valence-corrected chi connectivity index (χ2v) is 3.25. The molecule has 11 heavy (non-hydrogen) atoms. The third-order valence-corrected chi connectivity index (χ3v) is 2.15. The summed E-state index contributed by atoms with van der Waals surface area (Å²) in [7, 11) is 0. The van der Waals surface area contributed by atoms with Crippen molar-refractivity contribution in [2.24, 2.45) is 5.73 Å². The van der Waals surface area contributed by atoms with Crippen LogP contribution in [0.15, 0.2) is 23.4 Å². The van der Waals surface area contributed by atoms with Crippen LogP contribution in [0.4, 0.5) is 0 Å². The molecule has 0 saturated carbocycles. The van der Waals surface area contributed by atoms with E-state index >= 15 is 0 Å². The predicted molar refractivity (Wildman–Crippen MR) is 48.6 cm³/mol. The molecule has 0 spiro atoms. The molecular weight excluding hydrogens is 156 g/mol. The van der Waals surface area contributed by atoms with Crippen LogP contribution in [-0.2, 0) is 0 Å².